The van der Waals surface area contributed by atoms with Crippen LogP contribution in [0.3, 0.4) is 0 Å². The fraction of sp³-hybridized carbons (Fsp3) is 0.556. The van der Waals surface area contributed by atoms with Gasteiger partial charge >= 0.3 is 5.97 Å². The molecule has 84 valence electrons. The Morgan fingerprint density at radius 3 is 2.87 bits per heavy atom. The summed E-state index contributed by atoms with van der Waals surface area (Å²) in [5.74, 6) is -1.12. The molecule has 6 heteroatoms. The number of halogens is 2. The molecule has 15 heavy (non-hydrogen) atoms. The van der Waals surface area contributed by atoms with Crippen molar-refractivity contribution in [2.75, 3.05) is 0 Å². The lowest BCUT2D eigenvalue weighted by Crippen LogP contribution is -2.39. The fourth-order valence-corrected chi connectivity index (χ4v) is 1.78. The number of hydrogen-bond donors (Lipinski definition) is 2. The zero-order valence-electron chi connectivity index (χ0n) is 8.26. The van der Waals surface area contributed by atoms with E-state index in [0.717, 1.165) is 12.8 Å². The zero-order valence-corrected chi connectivity index (χ0v) is 9.77. The maximum Gasteiger partial charge on any atom is 0.340 e. The molecule has 0 bridgehead atoms. The van der Waals surface area contributed by atoms with E-state index in [-0.39, 0.29) is 10.7 Å². The van der Waals surface area contributed by atoms with Crippen LogP contribution < -0.4 is 5.32 Å². The maximum absolute atomic E-state index is 10.7. The first-order chi connectivity index (χ1) is 6.98. The van der Waals surface area contributed by atoms with Crippen LogP contribution in [0.25, 0.3) is 0 Å². The van der Waals surface area contributed by atoms with Gasteiger partial charge in [0.05, 0.1) is 0 Å². The summed E-state index contributed by atoms with van der Waals surface area (Å²) >= 11 is 11.8. The number of hydrogen-bond acceptors (Lipinski definition) is 3. The van der Waals surface area contributed by atoms with Crippen LogP contribution in [-0.4, -0.2) is 21.4 Å². The number of nitrogens with one attached hydrogen (secondary N) is 1. The van der Waals surface area contributed by atoms with Crippen LogP contribution in [0, 0.1) is 0 Å². The summed E-state index contributed by atoms with van der Waals surface area (Å²) in [6, 6.07) is 0. The number of aliphatic imine (C=N–C) groups is 1. The van der Waals surface area contributed by atoms with Gasteiger partial charge in [0.2, 0.25) is 5.12 Å². The number of rotatable bonds is 4. The summed E-state index contributed by atoms with van der Waals surface area (Å²) < 4.78 is 0. The molecule has 0 saturated heterocycles. The van der Waals surface area contributed by atoms with Crippen LogP contribution in [0.5, 0.6) is 0 Å². The summed E-state index contributed by atoms with van der Waals surface area (Å²) in [4.78, 5) is 14.6. The summed E-state index contributed by atoms with van der Waals surface area (Å²) in [5, 5.41) is 10.4. The third-order valence-corrected chi connectivity index (χ3v) is 2.70. The molecule has 1 heterocycles. The molecular weight excluding hydrogens is 239 g/mol. The Labute approximate surface area is 98.0 Å². The van der Waals surface area contributed by atoms with E-state index in [1.807, 2.05) is 6.92 Å². The minimum absolute atomic E-state index is 0.0626. The average Bonchev–Trinajstić information content (AvgIpc) is 2.14. The summed E-state index contributed by atoms with van der Waals surface area (Å²) in [5.41, 5.74) is -0.0653. The highest BCUT2D eigenvalue weighted by atomic mass is 35.5. The van der Waals surface area contributed by atoms with E-state index in [9.17, 15) is 4.79 Å². The van der Waals surface area contributed by atoms with Gasteiger partial charge in [0, 0.05) is 12.6 Å². The molecule has 1 atom stereocenters. The highest BCUT2D eigenvalue weighted by Gasteiger charge is 2.30. The van der Waals surface area contributed by atoms with Crippen LogP contribution in [0.2, 0.25) is 0 Å². The minimum Gasteiger partial charge on any atom is -0.478 e. The number of unbranched alkanes of at least 4 members (excludes halogenated alkanes) is 1. The number of nitrogens with zero attached hydrogens (tertiary/aromatic N) is 1. The van der Waals surface area contributed by atoms with Gasteiger partial charge < -0.3 is 10.4 Å². The standard InChI is InChI=1S/C9H12Cl2N2O2/c1-2-3-4-9(11)12-5-6(8(14)15)7(10)13-9/h5,12H,2-4H2,1H3,(H,14,15). The Balaban J connectivity index is 2.76. The molecule has 0 aromatic carbocycles. The fourth-order valence-electron chi connectivity index (χ4n) is 1.18. The molecule has 1 aliphatic rings. The van der Waals surface area contributed by atoms with Gasteiger partial charge in [-0.2, -0.15) is 0 Å². The third-order valence-electron chi connectivity index (χ3n) is 2.03. The van der Waals surface area contributed by atoms with Gasteiger partial charge in [-0.1, -0.05) is 36.5 Å². The number of aliphatic carboxylic acids is 1. The second kappa shape index (κ2) is 4.86. The Bertz CT molecular complexity index is 328. The summed E-state index contributed by atoms with van der Waals surface area (Å²) in [6.07, 6.45) is 3.77. The molecule has 0 aromatic heterocycles. The lowest BCUT2D eigenvalue weighted by atomic mass is 10.2. The minimum atomic E-state index is -1.12. The molecule has 4 nitrogen and oxygen atoms in total. The second-order valence-electron chi connectivity index (χ2n) is 3.27. The molecule has 0 saturated carbocycles. The van der Waals surface area contributed by atoms with E-state index >= 15 is 0 Å². The highest BCUT2D eigenvalue weighted by molar-refractivity contribution is 6.72. The van der Waals surface area contributed by atoms with Crippen LogP contribution in [0.4, 0.5) is 0 Å². The van der Waals surface area contributed by atoms with Crippen molar-refractivity contribution < 1.29 is 9.90 Å². The van der Waals surface area contributed by atoms with Crippen LogP contribution in [0.15, 0.2) is 16.8 Å². The molecule has 1 aliphatic heterocycles. The van der Waals surface area contributed by atoms with E-state index in [1.165, 1.54) is 6.20 Å². The van der Waals surface area contributed by atoms with Crippen molar-refractivity contribution in [2.24, 2.45) is 4.99 Å². The molecule has 0 spiro atoms. The summed E-state index contributed by atoms with van der Waals surface area (Å²) in [7, 11) is 0. The quantitative estimate of drug-likeness (QED) is 0.595. The summed E-state index contributed by atoms with van der Waals surface area (Å²) in [6.45, 7) is 2.03. The molecule has 0 aromatic rings. The first-order valence-corrected chi connectivity index (χ1v) is 5.40. The van der Waals surface area contributed by atoms with E-state index in [4.69, 9.17) is 28.3 Å². The van der Waals surface area contributed by atoms with Crippen LogP contribution >= 0.6 is 23.2 Å². The molecule has 0 fully saturated rings. The number of carboxylic acids is 1. The maximum atomic E-state index is 10.7. The van der Waals surface area contributed by atoms with Gasteiger partial charge in [-0.05, 0) is 6.42 Å². The van der Waals surface area contributed by atoms with Crippen molar-refractivity contribution in [3.8, 4) is 0 Å². The number of alkyl halides is 1. The van der Waals surface area contributed by atoms with E-state index in [0.29, 0.717) is 6.42 Å². The van der Waals surface area contributed by atoms with Crippen molar-refractivity contribution in [2.45, 2.75) is 31.3 Å². The zero-order chi connectivity index (χ0) is 11.5. The van der Waals surface area contributed by atoms with E-state index < -0.39 is 11.1 Å². The van der Waals surface area contributed by atoms with Crippen molar-refractivity contribution >= 4 is 34.3 Å². The van der Waals surface area contributed by atoms with E-state index in [1.54, 1.807) is 0 Å². The Hall–Kier alpha value is -0.740. The smallest absolute Gasteiger partial charge is 0.340 e. The average molecular weight is 251 g/mol. The lowest BCUT2D eigenvalue weighted by Gasteiger charge is -2.26. The first-order valence-electron chi connectivity index (χ1n) is 4.64. The SMILES string of the molecule is CCCCC1(Cl)N=C(Cl)C(C(=O)O)=CN1. The topological polar surface area (TPSA) is 61.7 Å². The van der Waals surface area contributed by atoms with Gasteiger partial charge in [-0.15, -0.1) is 0 Å². The van der Waals surface area contributed by atoms with Crippen LogP contribution in [0.1, 0.15) is 26.2 Å². The number of carbonyl (C=O) groups is 1. The highest BCUT2D eigenvalue weighted by Crippen LogP contribution is 2.26. The van der Waals surface area contributed by atoms with Gasteiger partial charge in [0.15, 0.2) is 0 Å². The molecular formula is C9H12Cl2N2O2. The monoisotopic (exact) mass is 250 g/mol. The van der Waals surface area contributed by atoms with Gasteiger partial charge in [-0.25, -0.2) is 9.79 Å². The molecule has 0 amide bonds. The van der Waals surface area contributed by atoms with Crippen molar-refractivity contribution in [1.82, 2.24) is 5.32 Å². The Kier molecular flexibility index (Phi) is 3.99. The van der Waals surface area contributed by atoms with Crippen molar-refractivity contribution in [1.29, 1.82) is 0 Å². The largest absolute Gasteiger partial charge is 0.478 e. The normalized spacial score (nSPS) is 25.3. The molecule has 1 unspecified atom stereocenters. The van der Waals surface area contributed by atoms with Gasteiger partial charge in [0.1, 0.15) is 10.7 Å². The second-order valence-corrected chi connectivity index (χ2v) is 4.26. The Morgan fingerprint density at radius 1 is 1.73 bits per heavy atom. The van der Waals surface area contributed by atoms with Crippen molar-refractivity contribution in [3.05, 3.63) is 11.8 Å². The van der Waals surface area contributed by atoms with Crippen LogP contribution in [-0.2, 0) is 4.79 Å². The molecule has 0 aliphatic carbocycles. The Morgan fingerprint density at radius 2 is 2.40 bits per heavy atom. The molecule has 0 radical (unpaired) electrons. The first kappa shape index (κ1) is 12.3. The predicted molar refractivity (Wildman–Crippen MR) is 60.3 cm³/mol. The lowest BCUT2D eigenvalue weighted by molar-refractivity contribution is -0.132. The number of carboxylic acid groups (broad SMARTS) is 1. The third kappa shape index (κ3) is 3.11. The van der Waals surface area contributed by atoms with E-state index in [2.05, 4.69) is 10.3 Å². The predicted octanol–water partition coefficient (Wildman–Crippen LogP) is 2.28. The molecule has 1 rings (SSSR count). The van der Waals surface area contributed by atoms with Gasteiger partial charge in [0.25, 0.3) is 0 Å². The molecule has 2 N–H and O–H groups in total. The van der Waals surface area contributed by atoms with Gasteiger partial charge in [-0.3, -0.25) is 0 Å². The van der Waals surface area contributed by atoms with Crippen molar-refractivity contribution in [3.63, 3.8) is 0 Å².